The summed E-state index contributed by atoms with van der Waals surface area (Å²) in [6, 6.07) is 14.4. The van der Waals surface area contributed by atoms with Crippen LogP contribution in [0, 0.1) is 5.92 Å². The van der Waals surface area contributed by atoms with Gasteiger partial charge in [0.05, 0.1) is 23.7 Å². The molecule has 0 radical (unpaired) electrons. The summed E-state index contributed by atoms with van der Waals surface area (Å²) in [5.74, 6) is -0.767. The van der Waals surface area contributed by atoms with Crippen molar-refractivity contribution in [3.05, 3.63) is 54.1 Å². The van der Waals surface area contributed by atoms with Gasteiger partial charge < -0.3 is 10.1 Å². The van der Waals surface area contributed by atoms with Gasteiger partial charge in [-0.3, -0.25) is 4.79 Å². The molecule has 5 heteroatoms. The van der Waals surface area contributed by atoms with Crippen LogP contribution in [-0.2, 0) is 9.53 Å². The lowest BCUT2D eigenvalue weighted by Crippen LogP contribution is -2.45. The minimum absolute atomic E-state index is 0.0363. The molecule has 0 fully saturated rings. The molecule has 26 heavy (non-hydrogen) atoms. The number of aromatic nitrogens is 1. The highest BCUT2D eigenvalue weighted by Gasteiger charge is 2.28. The van der Waals surface area contributed by atoms with Crippen LogP contribution in [0.25, 0.3) is 21.8 Å². The van der Waals surface area contributed by atoms with Gasteiger partial charge in [-0.05, 0) is 18.1 Å². The quantitative estimate of drug-likeness (QED) is 0.563. The van der Waals surface area contributed by atoms with Crippen LogP contribution in [0.1, 0.15) is 30.6 Å². The zero-order chi connectivity index (χ0) is 18.7. The number of hydrogen-bond acceptors (Lipinski definition) is 4. The maximum absolute atomic E-state index is 13.2. The number of nitrogens with one attached hydrogen (secondary N) is 1. The molecule has 1 amide bonds. The van der Waals surface area contributed by atoms with Crippen LogP contribution >= 0.6 is 0 Å². The third-order valence-electron chi connectivity index (χ3n) is 4.77. The normalized spacial score (nSPS) is 13.3. The van der Waals surface area contributed by atoms with E-state index in [-0.39, 0.29) is 11.8 Å². The second-order valence-corrected chi connectivity index (χ2v) is 6.38. The van der Waals surface area contributed by atoms with Gasteiger partial charge in [-0.2, -0.15) is 0 Å². The second kappa shape index (κ2) is 7.52. The van der Waals surface area contributed by atoms with Gasteiger partial charge in [-0.15, -0.1) is 0 Å². The fraction of sp³-hybridized carbons (Fsp3) is 0.286. The average Bonchev–Trinajstić information content (AvgIpc) is 2.68. The Balaban J connectivity index is 2.13. The van der Waals surface area contributed by atoms with Crippen molar-refractivity contribution in [2.75, 3.05) is 7.11 Å². The van der Waals surface area contributed by atoms with E-state index in [2.05, 4.69) is 10.3 Å². The fourth-order valence-corrected chi connectivity index (χ4v) is 3.09. The maximum atomic E-state index is 13.2. The lowest BCUT2D eigenvalue weighted by atomic mass is 9.97. The monoisotopic (exact) mass is 350 g/mol. The molecule has 0 aliphatic heterocycles. The summed E-state index contributed by atoms with van der Waals surface area (Å²) in [6.07, 6.45) is 0.748. The molecule has 134 valence electrons. The number of nitrogens with zero attached hydrogens (tertiary/aromatic N) is 1. The molecule has 1 aromatic heterocycles. The van der Waals surface area contributed by atoms with Gasteiger partial charge in [0.2, 0.25) is 0 Å². The second-order valence-electron chi connectivity index (χ2n) is 6.38. The topological polar surface area (TPSA) is 68.3 Å². The molecule has 5 nitrogen and oxygen atoms in total. The van der Waals surface area contributed by atoms with Crippen molar-refractivity contribution in [3.63, 3.8) is 0 Å². The maximum Gasteiger partial charge on any atom is 0.328 e. The molecule has 1 heterocycles. The Morgan fingerprint density at radius 3 is 2.08 bits per heavy atom. The Morgan fingerprint density at radius 2 is 1.58 bits per heavy atom. The molecule has 0 aliphatic rings. The first-order chi connectivity index (χ1) is 12.6. The van der Waals surface area contributed by atoms with E-state index in [9.17, 15) is 9.59 Å². The van der Waals surface area contributed by atoms with E-state index in [0.717, 1.165) is 28.2 Å². The van der Waals surface area contributed by atoms with Gasteiger partial charge in [-0.1, -0.05) is 56.7 Å². The number of esters is 1. The standard InChI is InChI=1S/C21H22N2O3/c1-4-13(2)19(21(25)26-3)23-20(24)18-14-9-5-7-11-16(14)22-17-12-8-6-10-15(17)18/h5-13,19H,4H2,1-3H3,(H,23,24)/t13-,19+/m1/s1. The SMILES string of the molecule is CC[C@@H](C)[C@H](NC(=O)c1c2ccccc2nc2ccccc12)C(=O)OC. The smallest absolute Gasteiger partial charge is 0.328 e. The van der Waals surface area contributed by atoms with E-state index in [1.54, 1.807) is 0 Å². The summed E-state index contributed by atoms with van der Waals surface area (Å²) in [6.45, 7) is 3.90. The van der Waals surface area contributed by atoms with Crippen LogP contribution in [0.5, 0.6) is 0 Å². The molecule has 1 N–H and O–H groups in total. The molecule has 2 atom stereocenters. The van der Waals surface area contributed by atoms with Crippen molar-refractivity contribution in [1.29, 1.82) is 0 Å². The lowest BCUT2D eigenvalue weighted by molar-refractivity contribution is -0.144. The summed E-state index contributed by atoms with van der Waals surface area (Å²) >= 11 is 0. The van der Waals surface area contributed by atoms with Crippen molar-refractivity contribution < 1.29 is 14.3 Å². The average molecular weight is 350 g/mol. The summed E-state index contributed by atoms with van der Waals surface area (Å²) in [4.78, 5) is 30.0. The van der Waals surface area contributed by atoms with Gasteiger partial charge in [0, 0.05) is 10.8 Å². The Bertz CT molecular complexity index is 914. The molecule has 0 aliphatic carbocycles. The van der Waals surface area contributed by atoms with E-state index in [4.69, 9.17) is 4.74 Å². The van der Waals surface area contributed by atoms with Gasteiger partial charge in [0.25, 0.3) is 5.91 Å². The van der Waals surface area contributed by atoms with E-state index in [0.29, 0.717) is 5.56 Å². The van der Waals surface area contributed by atoms with Crippen molar-refractivity contribution >= 4 is 33.7 Å². The van der Waals surface area contributed by atoms with Crippen LogP contribution in [0.4, 0.5) is 0 Å². The number of carbonyl (C=O) groups excluding carboxylic acids is 2. The largest absolute Gasteiger partial charge is 0.467 e. The van der Waals surface area contributed by atoms with Crippen molar-refractivity contribution in [2.45, 2.75) is 26.3 Å². The van der Waals surface area contributed by atoms with Gasteiger partial charge in [0.1, 0.15) is 6.04 Å². The molecule has 0 spiro atoms. The molecule has 0 unspecified atom stereocenters. The number of amides is 1. The third-order valence-corrected chi connectivity index (χ3v) is 4.77. The van der Waals surface area contributed by atoms with Crippen LogP contribution < -0.4 is 5.32 Å². The zero-order valence-corrected chi connectivity index (χ0v) is 15.2. The molecular weight excluding hydrogens is 328 g/mol. The van der Waals surface area contributed by atoms with Crippen LogP contribution in [0.2, 0.25) is 0 Å². The Kier molecular flexibility index (Phi) is 5.16. The highest BCUT2D eigenvalue weighted by Crippen LogP contribution is 2.26. The van der Waals surface area contributed by atoms with E-state index < -0.39 is 12.0 Å². The number of para-hydroxylation sites is 2. The van der Waals surface area contributed by atoms with E-state index in [1.807, 2.05) is 62.4 Å². The number of ether oxygens (including phenoxy) is 1. The molecular formula is C21H22N2O3. The number of carbonyl (C=O) groups is 2. The van der Waals surface area contributed by atoms with E-state index >= 15 is 0 Å². The molecule has 2 aromatic carbocycles. The predicted molar refractivity (Wildman–Crippen MR) is 102 cm³/mol. The first kappa shape index (κ1) is 17.9. The number of methoxy groups -OCH3 is 1. The predicted octanol–water partition coefficient (Wildman–Crippen LogP) is 3.71. The van der Waals surface area contributed by atoms with Gasteiger partial charge in [-0.25, -0.2) is 9.78 Å². The Morgan fingerprint density at radius 1 is 1.04 bits per heavy atom. The van der Waals surface area contributed by atoms with Crippen molar-refractivity contribution in [3.8, 4) is 0 Å². The summed E-state index contributed by atoms with van der Waals surface area (Å²) < 4.78 is 4.88. The minimum atomic E-state index is -0.691. The molecule has 3 rings (SSSR count). The molecule has 0 saturated heterocycles. The number of hydrogen-bond donors (Lipinski definition) is 1. The number of pyridine rings is 1. The summed E-state index contributed by atoms with van der Waals surface area (Å²) in [5, 5.41) is 4.40. The minimum Gasteiger partial charge on any atom is -0.467 e. The first-order valence-corrected chi connectivity index (χ1v) is 8.73. The highest BCUT2D eigenvalue weighted by atomic mass is 16.5. The summed E-state index contributed by atoms with van der Waals surface area (Å²) in [5.41, 5.74) is 2.02. The first-order valence-electron chi connectivity index (χ1n) is 8.73. The van der Waals surface area contributed by atoms with Gasteiger partial charge in [0.15, 0.2) is 0 Å². The number of benzene rings is 2. The Hall–Kier alpha value is -2.95. The number of rotatable bonds is 5. The van der Waals surface area contributed by atoms with Crippen LogP contribution in [-0.4, -0.2) is 30.0 Å². The number of fused-ring (bicyclic) bond motifs is 2. The Labute approximate surface area is 152 Å². The van der Waals surface area contributed by atoms with Crippen LogP contribution in [0.3, 0.4) is 0 Å². The fourth-order valence-electron chi connectivity index (χ4n) is 3.09. The van der Waals surface area contributed by atoms with E-state index in [1.165, 1.54) is 7.11 Å². The summed E-state index contributed by atoms with van der Waals surface area (Å²) in [7, 11) is 1.33. The van der Waals surface area contributed by atoms with Crippen molar-refractivity contribution in [1.82, 2.24) is 10.3 Å². The third kappa shape index (κ3) is 3.25. The van der Waals surface area contributed by atoms with Crippen LogP contribution in [0.15, 0.2) is 48.5 Å². The molecule has 0 bridgehead atoms. The molecule has 0 saturated carbocycles. The lowest BCUT2D eigenvalue weighted by Gasteiger charge is -2.22. The van der Waals surface area contributed by atoms with Gasteiger partial charge >= 0.3 is 5.97 Å². The van der Waals surface area contributed by atoms with Crippen molar-refractivity contribution in [2.24, 2.45) is 5.92 Å². The molecule has 3 aromatic rings. The zero-order valence-electron chi connectivity index (χ0n) is 15.2. The highest BCUT2D eigenvalue weighted by molar-refractivity contribution is 6.16.